The Labute approximate surface area is 170 Å². The van der Waals surface area contributed by atoms with E-state index in [0.29, 0.717) is 0 Å². The molecule has 0 aromatic heterocycles. The molecule has 1 aliphatic rings. The molecule has 0 bridgehead atoms. The van der Waals surface area contributed by atoms with Gasteiger partial charge in [0.1, 0.15) is 0 Å². The molecule has 154 valence electrons. The van der Waals surface area contributed by atoms with Gasteiger partial charge in [-0.2, -0.15) is 0 Å². The minimum Gasteiger partial charge on any atom is -0.345 e. The summed E-state index contributed by atoms with van der Waals surface area (Å²) in [6, 6.07) is 3.67. The molecule has 0 saturated heterocycles. The van der Waals surface area contributed by atoms with Crippen LogP contribution in [0, 0.1) is 10.1 Å². The molecule has 28 heavy (non-hydrogen) atoms. The molecule has 0 spiro atoms. The zero-order chi connectivity index (χ0) is 20.4. The van der Waals surface area contributed by atoms with Crippen molar-refractivity contribution in [2.24, 2.45) is 0 Å². The van der Waals surface area contributed by atoms with E-state index in [1.54, 1.807) is 0 Å². The van der Waals surface area contributed by atoms with Crippen LogP contribution in [0.25, 0.3) is 0 Å². The molecule has 0 heterocycles. The summed E-state index contributed by atoms with van der Waals surface area (Å²) in [6.07, 6.45) is 12.3. The van der Waals surface area contributed by atoms with Crippen LogP contribution >= 0.6 is 11.6 Å². The fourth-order valence-electron chi connectivity index (χ4n) is 3.46. The Bertz CT molecular complexity index is 684. The molecular weight excluding hydrogens is 382 g/mol. The lowest BCUT2D eigenvalue weighted by atomic mass is 9.98. The number of non-ortho nitro benzene ring substituents is 1. The van der Waals surface area contributed by atoms with Gasteiger partial charge in [0, 0.05) is 18.2 Å². The minimum absolute atomic E-state index is 0.0294. The molecule has 1 aliphatic carbocycles. The number of hydrogen-bond donors (Lipinski definition) is 2. The summed E-state index contributed by atoms with van der Waals surface area (Å²) in [5, 5.41) is 16.2. The molecule has 2 N–H and O–H groups in total. The summed E-state index contributed by atoms with van der Waals surface area (Å²) < 4.78 is 0. The molecule has 1 aromatic carbocycles. The molecule has 7 nitrogen and oxygen atoms in total. The number of nitro groups is 1. The number of nitrogens with zero attached hydrogens (tertiary/aromatic N) is 1. The largest absolute Gasteiger partial charge is 0.345 e. The lowest BCUT2D eigenvalue weighted by Crippen LogP contribution is -2.42. The van der Waals surface area contributed by atoms with Crippen LogP contribution < -0.4 is 10.6 Å². The lowest BCUT2D eigenvalue weighted by molar-refractivity contribution is -0.384. The van der Waals surface area contributed by atoms with E-state index in [1.807, 2.05) is 0 Å². The second-order valence-electron chi connectivity index (χ2n) is 7.31. The summed E-state index contributed by atoms with van der Waals surface area (Å²) in [6.45, 7) is 0. The minimum atomic E-state index is -0.867. The van der Waals surface area contributed by atoms with Crippen LogP contribution in [0.1, 0.15) is 70.6 Å². The first-order valence-corrected chi connectivity index (χ1v) is 10.4. The van der Waals surface area contributed by atoms with Crippen LogP contribution in [-0.2, 0) is 9.59 Å². The molecule has 2 rings (SSSR count). The normalized spacial score (nSPS) is 17.0. The number of carbonyl (C=O) groups is 2. The molecule has 0 radical (unpaired) electrons. The van der Waals surface area contributed by atoms with Crippen molar-refractivity contribution >= 4 is 34.8 Å². The van der Waals surface area contributed by atoms with Gasteiger partial charge in [0.25, 0.3) is 5.69 Å². The summed E-state index contributed by atoms with van der Waals surface area (Å²) in [5.74, 6) is -1.60. The number of anilines is 1. The van der Waals surface area contributed by atoms with Gasteiger partial charge in [-0.15, -0.1) is 0 Å². The number of amides is 2. The highest BCUT2D eigenvalue weighted by molar-refractivity contribution is 6.41. The monoisotopic (exact) mass is 409 g/mol. The van der Waals surface area contributed by atoms with E-state index in [4.69, 9.17) is 11.6 Å². The number of nitro benzene ring substituents is 1. The second kappa shape index (κ2) is 11.6. The highest BCUT2D eigenvalue weighted by Crippen LogP contribution is 2.26. The molecule has 1 fully saturated rings. The van der Waals surface area contributed by atoms with E-state index in [9.17, 15) is 19.7 Å². The zero-order valence-corrected chi connectivity index (χ0v) is 16.8. The summed E-state index contributed by atoms with van der Waals surface area (Å²) in [5.41, 5.74) is -0.158. The summed E-state index contributed by atoms with van der Waals surface area (Å²) >= 11 is 5.97. The fraction of sp³-hybridized carbons (Fsp3) is 0.600. The number of carbonyl (C=O) groups excluding carboxylic acids is 2. The molecular formula is C20H28ClN3O4. The second-order valence-corrected chi connectivity index (χ2v) is 7.71. The first-order chi connectivity index (χ1) is 13.5. The Morgan fingerprint density at radius 1 is 0.929 bits per heavy atom. The van der Waals surface area contributed by atoms with Crippen molar-refractivity contribution in [2.75, 3.05) is 5.32 Å². The molecule has 2 amide bonds. The van der Waals surface area contributed by atoms with Gasteiger partial charge >= 0.3 is 11.8 Å². The van der Waals surface area contributed by atoms with Crippen molar-refractivity contribution in [2.45, 2.75) is 76.7 Å². The lowest BCUT2D eigenvalue weighted by Gasteiger charge is -2.19. The van der Waals surface area contributed by atoms with E-state index >= 15 is 0 Å². The van der Waals surface area contributed by atoms with Gasteiger partial charge in [-0.25, -0.2) is 0 Å². The van der Waals surface area contributed by atoms with Crippen LogP contribution in [0.2, 0.25) is 5.02 Å². The van der Waals surface area contributed by atoms with Crippen molar-refractivity contribution in [1.29, 1.82) is 0 Å². The molecule has 0 unspecified atom stereocenters. The van der Waals surface area contributed by atoms with Crippen molar-refractivity contribution in [3.63, 3.8) is 0 Å². The topological polar surface area (TPSA) is 101 Å². The number of halogens is 1. The quantitative estimate of drug-likeness (QED) is 0.417. The maximum absolute atomic E-state index is 12.3. The van der Waals surface area contributed by atoms with E-state index in [0.717, 1.165) is 44.6 Å². The van der Waals surface area contributed by atoms with Crippen molar-refractivity contribution in [1.82, 2.24) is 5.32 Å². The van der Waals surface area contributed by atoms with Gasteiger partial charge in [0.05, 0.1) is 15.6 Å². The fourth-order valence-corrected chi connectivity index (χ4v) is 3.63. The molecule has 1 aromatic rings. The highest BCUT2D eigenvalue weighted by Gasteiger charge is 2.20. The van der Waals surface area contributed by atoms with Gasteiger partial charge in [0.15, 0.2) is 0 Å². The van der Waals surface area contributed by atoms with E-state index in [2.05, 4.69) is 10.6 Å². The van der Waals surface area contributed by atoms with Crippen molar-refractivity contribution < 1.29 is 14.5 Å². The van der Waals surface area contributed by atoms with Crippen LogP contribution in [-0.4, -0.2) is 22.8 Å². The Hall–Kier alpha value is -2.15. The third kappa shape index (κ3) is 7.46. The molecule has 8 heteroatoms. The Morgan fingerprint density at radius 2 is 1.46 bits per heavy atom. The summed E-state index contributed by atoms with van der Waals surface area (Å²) in [4.78, 5) is 34.9. The summed E-state index contributed by atoms with van der Waals surface area (Å²) in [7, 11) is 0. The highest BCUT2D eigenvalue weighted by atomic mass is 35.5. The van der Waals surface area contributed by atoms with E-state index in [-0.39, 0.29) is 22.4 Å². The van der Waals surface area contributed by atoms with Gasteiger partial charge in [-0.3, -0.25) is 19.7 Å². The van der Waals surface area contributed by atoms with Crippen LogP contribution in [0.15, 0.2) is 18.2 Å². The number of rotatable bonds is 3. The standard InChI is InChI=1S/C20H28ClN3O4/c21-17-13-12-16(24(27)28)14-18(17)23-20(26)19(25)22-15-10-8-6-4-2-1-3-5-7-9-11-15/h12-15H,1-11H2,(H,22,25)(H,23,26). The number of hydrogen-bond acceptors (Lipinski definition) is 4. The SMILES string of the molecule is O=C(Nc1cc([N+](=O)[O-])ccc1Cl)C(=O)NC1CCCCCCCCCCC1. The van der Waals surface area contributed by atoms with Crippen LogP contribution in [0.4, 0.5) is 11.4 Å². The van der Waals surface area contributed by atoms with Gasteiger partial charge < -0.3 is 10.6 Å². The molecule has 0 aliphatic heterocycles. The predicted molar refractivity (Wildman–Crippen MR) is 109 cm³/mol. The number of nitrogens with one attached hydrogen (secondary N) is 2. The molecule has 0 atom stereocenters. The van der Waals surface area contributed by atoms with E-state index < -0.39 is 16.7 Å². The average Bonchev–Trinajstić information content (AvgIpc) is 2.65. The Morgan fingerprint density at radius 3 is 2.00 bits per heavy atom. The Kier molecular flexibility index (Phi) is 9.20. The van der Waals surface area contributed by atoms with Crippen LogP contribution in [0.5, 0.6) is 0 Å². The predicted octanol–water partition coefficient (Wildman–Crippen LogP) is 4.98. The van der Waals surface area contributed by atoms with Gasteiger partial charge in [-0.05, 0) is 18.9 Å². The third-order valence-corrected chi connectivity index (χ3v) is 5.39. The smallest absolute Gasteiger partial charge is 0.313 e. The Balaban J connectivity index is 1.93. The van der Waals surface area contributed by atoms with E-state index in [1.165, 1.54) is 44.2 Å². The third-order valence-electron chi connectivity index (χ3n) is 5.06. The van der Waals surface area contributed by atoms with Gasteiger partial charge in [0.2, 0.25) is 0 Å². The van der Waals surface area contributed by atoms with Crippen molar-refractivity contribution in [3.8, 4) is 0 Å². The molecule has 1 saturated carbocycles. The zero-order valence-electron chi connectivity index (χ0n) is 16.0. The van der Waals surface area contributed by atoms with Crippen molar-refractivity contribution in [3.05, 3.63) is 33.3 Å². The average molecular weight is 410 g/mol. The maximum Gasteiger partial charge on any atom is 0.313 e. The number of benzene rings is 1. The van der Waals surface area contributed by atoms with Gasteiger partial charge in [-0.1, -0.05) is 69.4 Å². The maximum atomic E-state index is 12.3. The van der Waals surface area contributed by atoms with Crippen LogP contribution in [0.3, 0.4) is 0 Å². The first kappa shape index (κ1) is 22.1. The first-order valence-electron chi connectivity index (χ1n) is 10.0.